The lowest BCUT2D eigenvalue weighted by Gasteiger charge is -2.22. The van der Waals surface area contributed by atoms with Gasteiger partial charge >= 0.3 is 12.1 Å². The molecule has 7 nitrogen and oxygen atoms in total. The van der Waals surface area contributed by atoms with Crippen LogP contribution in [0.15, 0.2) is 16.7 Å². The summed E-state index contributed by atoms with van der Waals surface area (Å²) in [5.74, 6) is 0.0319. The van der Waals surface area contributed by atoms with Crippen molar-refractivity contribution in [3.8, 4) is 0 Å². The molecule has 1 aromatic rings. The highest BCUT2D eigenvalue weighted by molar-refractivity contribution is 5.82. The van der Waals surface area contributed by atoms with Gasteiger partial charge in [-0.05, 0) is 13.0 Å². The first-order valence-electron chi connectivity index (χ1n) is 6.88. The first kappa shape index (κ1) is 15.2. The van der Waals surface area contributed by atoms with E-state index in [4.69, 9.17) is 13.9 Å². The lowest BCUT2D eigenvalue weighted by Crippen LogP contribution is -2.36. The van der Waals surface area contributed by atoms with Crippen molar-refractivity contribution in [3.05, 3.63) is 18.1 Å². The van der Waals surface area contributed by atoms with E-state index in [0.717, 1.165) is 5.69 Å². The molecule has 0 saturated carbocycles. The van der Waals surface area contributed by atoms with E-state index in [1.54, 1.807) is 33.1 Å². The summed E-state index contributed by atoms with van der Waals surface area (Å²) >= 11 is 0. The van der Waals surface area contributed by atoms with Gasteiger partial charge in [-0.15, -0.1) is 0 Å². The summed E-state index contributed by atoms with van der Waals surface area (Å²) in [5.41, 5.74) is 0.782. The van der Waals surface area contributed by atoms with Gasteiger partial charge in [-0.25, -0.2) is 9.59 Å². The van der Waals surface area contributed by atoms with Crippen molar-refractivity contribution >= 4 is 17.8 Å². The van der Waals surface area contributed by atoms with Crippen LogP contribution < -0.4 is 5.32 Å². The predicted octanol–water partition coefficient (Wildman–Crippen LogP) is 2.31. The molecular weight excluding hydrogens is 278 g/mol. The maximum atomic E-state index is 12.1. The van der Waals surface area contributed by atoms with Crippen LogP contribution in [0.5, 0.6) is 0 Å². The number of ether oxygens (including phenoxy) is 3. The van der Waals surface area contributed by atoms with Crippen LogP contribution in [0.1, 0.15) is 26.5 Å². The molecule has 1 aliphatic rings. The Morgan fingerprint density at radius 2 is 2.19 bits per heavy atom. The van der Waals surface area contributed by atoms with Crippen LogP contribution in [-0.4, -0.2) is 31.1 Å². The third-order valence-electron chi connectivity index (χ3n) is 3.00. The van der Waals surface area contributed by atoms with Crippen molar-refractivity contribution in [1.29, 1.82) is 0 Å². The van der Waals surface area contributed by atoms with E-state index in [1.165, 1.54) is 0 Å². The number of hydrogen-bond donors (Lipinski definition) is 1. The number of rotatable bonds is 5. The number of fused-ring (bicyclic) bond motifs is 1. The van der Waals surface area contributed by atoms with Gasteiger partial charge in [-0.2, -0.15) is 0 Å². The molecule has 0 bridgehead atoms. The van der Waals surface area contributed by atoms with Crippen LogP contribution in [0, 0.1) is 5.92 Å². The van der Waals surface area contributed by atoms with Gasteiger partial charge in [0.15, 0.2) is 0 Å². The molecular formula is C14H19NO6. The normalized spacial score (nSPS) is 17.8. The lowest BCUT2D eigenvalue weighted by molar-refractivity contribution is -0.179. The molecule has 21 heavy (non-hydrogen) atoms. The fourth-order valence-corrected chi connectivity index (χ4v) is 1.93. The molecule has 7 heteroatoms. The molecule has 0 radical (unpaired) electrons. The molecule has 1 aromatic heterocycles. The Morgan fingerprint density at radius 3 is 2.81 bits per heavy atom. The third-order valence-corrected chi connectivity index (χ3v) is 3.00. The summed E-state index contributed by atoms with van der Waals surface area (Å²) in [7, 11) is 0. The van der Waals surface area contributed by atoms with Gasteiger partial charge in [-0.3, -0.25) is 0 Å². The van der Waals surface area contributed by atoms with Crippen LogP contribution in [-0.2, 0) is 25.4 Å². The third kappa shape index (κ3) is 3.68. The van der Waals surface area contributed by atoms with Gasteiger partial charge in [0.2, 0.25) is 0 Å². The summed E-state index contributed by atoms with van der Waals surface area (Å²) < 4.78 is 20.1. The topological polar surface area (TPSA) is 87.0 Å². The average Bonchev–Trinajstić information content (AvgIpc) is 2.98. The zero-order valence-corrected chi connectivity index (χ0v) is 12.3. The summed E-state index contributed by atoms with van der Waals surface area (Å²) in [6.07, 6.45) is 0.131. The number of carbonyl (C=O) groups is 2. The van der Waals surface area contributed by atoms with Crippen molar-refractivity contribution in [2.45, 2.75) is 39.5 Å². The summed E-state index contributed by atoms with van der Waals surface area (Å²) in [4.78, 5) is 23.4. The Kier molecular flexibility index (Phi) is 4.72. The van der Waals surface area contributed by atoms with Crippen molar-refractivity contribution < 1.29 is 28.2 Å². The predicted molar refractivity (Wildman–Crippen MR) is 72.6 cm³/mol. The minimum Gasteiger partial charge on any atom is -0.467 e. The van der Waals surface area contributed by atoms with Gasteiger partial charge in [0, 0.05) is 12.3 Å². The molecule has 0 amide bonds. The molecule has 0 fully saturated rings. The van der Waals surface area contributed by atoms with Gasteiger partial charge in [0.05, 0.1) is 18.6 Å². The van der Waals surface area contributed by atoms with E-state index in [-0.39, 0.29) is 12.5 Å². The first-order chi connectivity index (χ1) is 10.0. The van der Waals surface area contributed by atoms with E-state index < -0.39 is 24.5 Å². The highest BCUT2D eigenvalue weighted by Gasteiger charge is 2.33. The molecule has 1 N–H and O–H groups in total. The maximum absolute atomic E-state index is 12.1. The smallest absolute Gasteiger partial charge is 0.467 e. The zero-order chi connectivity index (χ0) is 15.4. The molecule has 2 atom stereocenters. The number of hydrogen-bond acceptors (Lipinski definition) is 7. The van der Waals surface area contributed by atoms with E-state index in [1.807, 2.05) is 0 Å². The van der Waals surface area contributed by atoms with Crippen LogP contribution in [0.3, 0.4) is 0 Å². The van der Waals surface area contributed by atoms with Gasteiger partial charge in [0.25, 0.3) is 6.29 Å². The molecule has 0 saturated heterocycles. The van der Waals surface area contributed by atoms with Crippen molar-refractivity contribution in [2.75, 3.05) is 11.9 Å². The average molecular weight is 297 g/mol. The van der Waals surface area contributed by atoms with Crippen LogP contribution in [0.4, 0.5) is 10.5 Å². The summed E-state index contributed by atoms with van der Waals surface area (Å²) in [6, 6.07) is 1.21. The fraction of sp³-hybridized carbons (Fsp3) is 0.571. The molecule has 116 valence electrons. The van der Waals surface area contributed by atoms with Crippen molar-refractivity contribution in [3.63, 3.8) is 0 Å². The second-order valence-electron chi connectivity index (χ2n) is 5.01. The largest absolute Gasteiger partial charge is 0.511 e. The van der Waals surface area contributed by atoms with Gasteiger partial charge < -0.3 is 23.9 Å². The summed E-state index contributed by atoms with van der Waals surface area (Å²) in [5, 5.41) is 3.00. The molecule has 1 aliphatic heterocycles. The number of nitrogens with one attached hydrogen (secondary N) is 1. The minimum absolute atomic E-state index is 0.185. The van der Waals surface area contributed by atoms with Crippen molar-refractivity contribution in [1.82, 2.24) is 0 Å². The molecule has 0 aliphatic carbocycles. The molecule has 0 spiro atoms. The Morgan fingerprint density at radius 1 is 1.43 bits per heavy atom. The van der Waals surface area contributed by atoms with Crippen LogP contribution in [0.25, 0.3) is 0 Å². The molecule has 0 aromatic carbocycles. The maximum Gasteiger partial charge on any atom is 0.511 e. The minimum atomic E-state index is -0.981. The number of carbonyl (C=O) groups excluding carboxylic acids is 2. The standard InChI is InChI=1S/C14H19NO6/c1-4-18-14(17)21-13(8(2)3)20-12(16)10-7-11-9(15-10)5-6-19-11/h5-6,8,10,13,15H,4,7H2,1-3H3. The highest BCUT2D eigenvalue weighted by Crippen LogP contribution is 2.27. The van der Waals surface area contributed by atoms with Gasteiger partial charge in [0.1, 0.15) is 11.8 Å². The first-order valence-corrected chi connectivity index (χ1v) is 6.88. The Labute approximate surface area is 122 Å². The molecule has 2 heterocycles. The quantitative estimate of drug-likeness (QED) is 0.659. The summed E-state index contributed by atoms with van der Waals surface area (Å²) in [6.45, 7) is 5.43. The molecule has 2 unspecified atom stereocenters. The second kappa shape index (κ2) is 6.51. The van der Waals surface area contributed by atoms with Crippen LogP contribution in [0.2, 0.25) is 0 Å². The Bertz CT molecular complexity index is 489. The number of furan rings is 1. The number of anilines is 1. The zero-order valence-electron chi connectivity index (χ0n) is 12.3. The van der Waals surface area contributed by atoms with E-state index >= 15 is 0 Å². The van der Waals surface area contributed by atoms with Crippen molar-refractivity contribution in [2.24, 2.45) is 5.92 Å². The lowest BCUT2D eigenvalue weighted by atomic mass is 10.2. The van der Waals surface area contributed by atoms with Gasteiger partial charge in [-0.1, -0.05) is 13.8 Å². The highest BCUT2D eigenvalue weighted by atomic mass is 16.8. The van der Waals surface area contributed by atoms with E-state index in [2.05, 4.69) is 10.1 Å². The SMILES string of the molecule is CCOC(=O)OC(OC(=O)C1Cc2occc2N1)C(C)C. The second-order valence-corrected chi connectivity index (χ2v) is 5.01. The van der Waals surface area contributed by atoms with E-state index in [9.17, 15) is 9.59 Å². The fourth-order valence-electron chi connectivity index (χ4n) is 1.93. The monoisotopic (exact) mass is 297 g/mol. The van der Waals surface area contributed by atoms with Crippen LogP contribution >= 0.6 is 0 Å². The number of esters is 1. The van der Waals surface area contributed by atoms with E-state index in [0.29, 0.717) is 12.2 Å². The Hall–Kier alpha value is -2.18. The molecule has 2 rings (SSSR count). The Balaban J connectivity index is 1.90.